The molecule has 0 aliphatic carbocycles. The molecule has 5 N–H and O–H groups in total. The highest BCUT2D eigenvalue weighted by Gasteiger charge is 2.10. The van der Waals surface area contributed by atoms with Crippen LogP contribution in [0, 0.1) is 0 Å². The molecule has 0 spiro atoms. The van der Waals surface area contributed by atoms with Gasteiger partial charge in [0.2, 0.25) is 0 Å². The fourth-order valence-electron chi connectivity index (χ4n) is 1.74. The summed E-state index contributed by atoms with van der Waals surface area (Å²) in [5.41, 5.74) is 11.8. The van der Waals surface area contributed by atoms with Crippen LogP contribution in [-0.2, 0) is 6.42 Å². The van der Waals surface area contributed by atoms with Gasteiger partial charge in [0.25, 0.3) is 5.91 Å². The van der Waals surface area contributed by atoms with Gasteiger partial charge in [0.1, 0.15) is 11.5 Å². The highest BCUT2D eigenvalue weighted by Crippen LogP contribution is 2.19. The predicted octanol–water partition coefficient (Wildman–Crippen LogP) is 1.87. The zero-order valence-electron chi connectivity index (χ0n) is 10.6. The normalized spacial score (nSPS) is 12.1. The number of nitrogens with zero attached hydrogens (tertiary/aromatic N) is 1. The Labute approximate surface area is 115 Å². The van der Waals surface area contributed by atoms with Gasteiger partial charge in [-0.25, -0.2) is 4.98 Å². The first-order chi connectivity index (χ1) is 9.06. The molecule has 0 bridgehead atoms. The molecule has 1 unspecified atom stereocenters. The predicted molar refractivity (Wildman–Crippen MR) is 78.3 cm³/mol. The van der Waals surface area contributed by atoms with Gasteiger partial charge in [-0.05, 0) is 30.5 Å². The topological polar surface area (TPSA) is 94.0 Å². The van der Waals surface area contributed by atoms with E-state index in [1.54, 1.807) is 17.4 Å². The SMILES string of the molecule is CC(Cc1cccs1)Nc1nc(C(N)=O)ccc1N. The minimum atomic E-state index is -0.561. The molecule has 2 heterocycles. The Bertz CT molecular complexity index is 568. The molecule has 5 nitrogen and oxygen atoms in total. The number of primary amides is 1. The Morgan fingerprint density at radius 2 is 2.26 bits per heavy atom. The number of anilines is 2. The molecule has 0 radical (unpaired) electrons. The molecule has 0 saturated carbocycles. The third-order valence-corrected chi connectivity index (χ3v) is 3.55. The lowest BCUT2D eigenvalue weighted by Gasteiger charge is -2.15. The molecule has 1 atom stereocenters. The first-order valence-electron chi connectivity index (χ1n) is 5.91. The summed E-state index contributed by atoms with van der Waals surface area (Å²) in [4.78, 5) is 16.5. The van der Waals surface area contributed by atoms with Crippen LogP contribution in [0.3, 0.4) is 0 Å². The third kappa shape index (κ3) is 3.45. The summed E-state index contributed by atoms with van der Waals surface area (Å²) < 4.78 is 0. The minimum Gasteiger partial charge on any atom is -0.396 e. The molecular formula is C13H16N4OS. The molecule has 6 heteroatoms. The number of nitrogen functional groups attached to an aromatic ring is 1. The highest BCUT2D eigenvalue weighted by molar-refractivity contribution is 7.09. The van der Waals surface area contributed by atoms with E-state index in [9.17, 15) is 4.79 Å². The number of carbonyl (C=O) groups excluding carboxylic acids is 1. The fraction of sp³-hybridized carbons (Fsp3) is 0.231. The third-order valence-electron chi connectivity index (χ3n) is 2.65. The van der Waals surface area contributed by atoms with Crippen molar-refractivity contribution < 1.29 is 4.79 Å². The molecule has 0 aliphatic heterocycles. The van der Waals surface area contributed by atoms with E-state index < -0.39 is 5.91 Å². The quantitative estimate of drug-likeness (QED) is 0.777. The summed E-state index contributed by atoms with van der Waals surface area (Å²) in [5.74, 6) is -0.0608. The molecule has 0 aromatic carbocycles. The number of aromatic nitrogens is 1. The van der Waals surface area contributed by atoms with Gasteiger partial charge in [-0.1, -0.05) is 6.07 Å². The first kappa shape index (κ1) is 13.4. The van der Waals surface area contributed by atoms with Crippen LogP contribution in [0.15, 0.2) is 29.6 Å². The Morgan fingerprint density at radius 1 is 1.47 bits per heavy atom. The summed E-state index contributed by atoms with van der Waals surface area (Å²) >= 11 is 1.71. The van der Waals surface area contributed by atoms with Crippen molar-refractivity contribution in [1.29, 1.82) is 0 Å². The molecular weight excluding hydrogens is 260 g/mol. The zero-order chi connectivity index (χ0) is 13.8. The van der Waals surface area contributed by atoms with Gasteiger partial charge in [-0.2, -0.15) is 0 Å². The van der Waals surface area contributed by atoms with Gasteiger partial charge in [0, 0.05) is 17.3 Å². The largest absolute Gasteiger partial charge is 0.396 e. The molecule has 0 saturated heterocycles. The molecule has 1 amide bonds. The van der Waals surface area contributed by atoms with Crippen LogP contribution in [0.1, 0.15) is 22.3 Å². The van der Waals surface area contributed by atoms with Crippen LogP contribution in [0.4, 0.5) is 11.5 Å². The van der Waals surface area contributed by atoms with E-state index in [1.165, 1.54) is 10.9 Å². The summed E-state index contributed by atoms with van der Waals surface area (Å²) in [7, 11) is 0. The lowest BCUT2D eigenvalue weighted by molar-refractivity contribution is 0.0995. The smallest absolute Gasteiger partial charge is 0.267 e. The van der Waals surface area contributed by atoms with E-state index in [0.717, 1.165) is 6.42 Å². The van der Waals surface area contributed by atoms with E-state index in [1.807, 2.05) is 18.4 Å². The van der Waals surface area contributed by atoms with Gasteiger partial charge in [-0.15, -0.1) is 11.3 Å². The average Bonchev–Trinajstić information content (AvgIpc) is 2.84. The van der Waals surface area contributed by atoms with Crippen LogP contribution in [0.2, 0.25) is 0 Å². The molecule has 19 heavy (non-hydrogen) atoms. The second kappa shape index (κ2) is 5.71. The van der Waals surface area contributed by atoms with Crippen LogP contribution in [0.25, 0.3) is 0 Å². The van der Waals surface area contributed by atoms with E-state index >= 15 is 0 Å². The van der Waals surface area contributed by atoms with Crippen LogP contribution in [0.5, 0.6) is 0 Å². The van der Waals surface area contributed by atoms with Crippen molar-refractivity contribution in [3.63, 3.8) is 0 Å². The standard InChI is InChI=1S/C13H16N4OS/c1-8(7-9-3-2-6-19-9)16-13-10(14)4-5-11(17-13)12(15)18/h2-6,8H,7,14H2,1H3,(H2,15,18)(H,16,17). The lowest BCUT2D eigenvalue weighted by atomic mass is 10.2. The Kier molecular flexibility index (Phi) is 4.01. The molecule has 2 aromatic rings. The number of hydrogen-bond donors (Lipinski definition) is 3. The van der Waals surface area contributed by atoms with Crippen molar-refractivity contribution in [2.24, 2.45) is 5.73 Å². The van der Waals surface area contributed by atoms with E-state index in [2.05, 4.69) is 16.4 Å². The maximum atomic E-state index is 11.1. The second-order valence-corrected chi connectivity index (χ2v) is 5.36. The monoisotopic (exact) mass is 276 g/mol. The van der Waals surface area contributed by atoms with Gasteiger partial charge in [0.15, 0.2) is 0 Å². The van der Waals surface area contributed by atoms with Crippen molar-refractivity contribution >= 4 is 28.7 Å². The molecule has 100 valence electrons. The summed E-state index contributed by atoms with van der Waals surface area (Å²) in [6, 6.07) is 7.42. The number of pyridine rings is 1. The molecule has 2 rings (SSSR count). The zero-order valence-corrected chi connectivity index (χ0v) is 11.4. The first-order valence-corrected chi connectivity index (χ1v) is 6.79. The fourth-order valence-corrected chi connectivity index (χ4v) is 2.57. The number of rotatable bonds is 5. The molecule has 2 aromatic heterocycles. The van der Waals surface area contributed by atoms with E-state index in [0.29, 0.717) is 11.5 Å². The van der Waals surface area contributed by atoms with Crippen LogP contribution in [-0.4, -0.2) is 16.9 Å². The van der Waals surface area contributed by atoms with Crippen molar-refractivity contribution in [2.75, 3.05) is 11.1 Å². The Hall–Kier alpha value is -2.08. The van der Waals surface area contributed by atoms with Crippen molar-refractivity contribution in [1.82, 2.24) is 4.98 Å². The van der Waals surface area contributed by atoms with E-state index in [-0.39, 0.29) is 11.7 Å². The lowest BCUT2D eigenvalue weighted by Crippen LogP contribution is -2.21. The minimum absolute atomic E-state index is 0.163. The van der Waals surface area contributed by atoms with Crippen molar-refractivity contribution in [3.8, 4) is 0 Å². The Morgan fingerprint density at radius 3 is 2.89 bits per heavy atom. The number of amides is 1. The number of nitrogens with two attached hydrogens (primary N) is 2. The summed E-state index contributed by atoms with van der Waals surface area (Å²) in [6.07, 6.45) is 0.875. The van der Waals surface area contributed by atoms with Crippen LogP contribution >= 0.6 is 11.3 Å². The maximum Gasteiger partial charge on any atom is 0.267 e. The highest BCUT2D eigenvalue weighted by atomic mass is 32.1. The second-order valence-electron chi connectivity index (χ2n) is 4.33. The molecule has 0 fully saturated rings. The van der Waals surface area contributed by atoms with Gasteiger partial charge >= 0.3 is 0 Å². The number of carbonyl (C=O) groups is 1. The van der Waals surface area contributed by atoms with Gasteiger partial charge < -0.3 is 16.8 Å². The van der Waals surface area contributed by atoms with Crippen molar-refractivity contribution in [2.45, 2.75) is 19.4 Å². The number of thiophene rings is 1. The number of hydrogen-bond acceptors (Lipinski definition) is 5. The summed E-state index contributed by atoms with van der Waals surface area (Å²) in [5, 5.41) is 5.25. The van der Waals surface area contributed by atoms with Crippen LogP contribution < -0.4 is 16.8 Å². The van der Waals surface area contributed by atoms with Gasteiger partial charge in [0.05, 0.1) is 5.69 Å². The summed E-state index contributed by atoms with van der Waals surface area (Å²) in [6.45, 7) is 2.04. The number of nitrogens with one attached hydrogen (secondary N) is 1. The van der Waals surface area contributed by atoms with Gasteiger partial charge in [-0.3, -0.25) is 4.79 Å². The van der Waals surface area contributed by atoms with E-state index in [4.69, 9.17) is 11.5 Å². The maximum absolute atomic E-state index is 11.1. The molecule has 0 aliphatic rings. The Balaban J connectivity index is 2.09. The van der Waals surface area contributed by atoms with Crippen molar-refractivity contribution in [3.05, 3.63) is 40.2 Å². The average molecular weight is 276 g/mol.